The van der Waals surface area contributed by atoms with Gasteiger partial charge in [-0.1, -0.05) is 0 Å². The molecule has 0 heterocycles. The Bertz CT molecular complexity index is 439. The minimum absolute atomic E-state index is 0.0492. The van der Waals surface area contributed by atoms with E-state index < -0.39 is 0 Å². The number of carbonyl (C=O) groups excluding carboxylic acids is 1. The minimum Gasteiger partial charge on any atom is -0.493 e. The molecule has 4 nitrogen and oxygen atoms in total. The topological polar surface area (TPSA) is 47.6 Å². The van der Waals surface area contributed by atoms with Gasteiger partial charge in [0.2, 0.25) is 0 Å². The molecule has 0 aliphatic heterocycles. The van der Waals surface area contributed by atoms with Crippen LogP contribution in [0.4, 0.5) is 0 Å². The van der Waals surface area contributed by atoms with Gasteiger partial charge in [-0.15, -0.1) is 0 Å². The highest BCUT2D eigenvalue weighted by atomic mass is 16.5. The van der Waals surface area contributed by atoms with Crippen molar-refractivity contribution in [3.63, 3.8) is 0 Å². The Balaban J connectivity index is 2.14. The average molecular weight is 249 g/mol. The minimum atomic E-state index is -0.0492. The molecule has 1 aromatic rings. The van der Waals surface area contributed by atoms with Gasteiger partial charge in [0.05, 0.1) is 13.2 Å². The largest absolute Gasteiger partial charge is 0.493 e. The van der Waals surface area contributed by atoms with Gasteiger partial charge < -0.3 is 14.8 Å². The van der Waals surface area contributed by atoms with Crippen LogP contribution in [-0.4, -0.2) is 25.2 Å². The van der Waals surface area contributed by atoms with Crippen molar-refractivity contribution in [1.82, 2.24) is 5.32 Å². The Kier molecular flexibility index (Phi) is 3.75. The highest BCUT2D eigenvalue weighted by molar-refractivity contribution is 5.95. The number of hydrogen-bond donors (Lipinski definition) is 1. The summed E-state index contributed by atoms with van der Waals surface area (Å²) in [5.41, 5.74) is 0.606. The number of benzene rings is 1. The van der Waals surface area contributed by atoms with Gasteiger partial charge in [0, 0.05) is 11.6 Å². The van der Waals surface area contributed by atoms with Crippen molar-refractivity contribution in [2.24, 2.45) is 0 Å². The maximum absolute atomic E-state index is 11.9. The van der Waals surface area contributed by atoms with E-state index in [-0.39, 0.29) is 12.0 Å². The summed E-state index contributed by atoms with van der Waals surface area (Å²) in [6, 6.07) is 5.61. The summed E-state index contributed by atoms with van der Waals surface area (Å²) < 4.78 is 10.9. The van der Waals surface area contributed by atoms with E-state index in [9.17, 15) is 4.79 Å². The molecule has 2 rings (SSSR count). The van der Waals surface area contributed by atoms with E-state index in [2.05, 4.69) is 5.32 Å². The molecule has 0 radical (unpaired) electrons. The zero-order chi connectivity index (χ0) is 13.1. The van der Waals surface area contributed by atoms with E-state index in [1.165, 1.54) is 0 Å². The molecule has 0 saturated heterocycles. The van der Waals surface area contributed by atoms with Crippen molar-refractivity contribution >= 4 is 5.91 Å². The molecule has 1 fully saturated rings. The third kappa shape index (κ3) is 3.15. The molecular weight excluding hydrogens is 230 g/mol. The van der Waals surface area contributed by atoms with E-state index in [0.717, 1.165) is 12.8 Å². The summed E-state index contributed by atoms with van der Waals surface area (Å²) in [6.07, 6.45) is 2.24. The second-order valence-corrected chi connectivity index (χ2v) is 4.78. The van der Waals surface area contributed by atoms with Gasteiger partial charge in [0.1, 0.15) is 0 Å². The number of hydrogen-bond acceptors (Lipinski definition) is 3. The Hall–Kier alpha value is -1.71. The monoisotopic (exact) mass is 249 g/mol. The number of rotatable bonds is 5. The first-order valence-electron chi connectivity index (χ1n) is 6.25. The van der Waals surface area contributed by atoms with E-state index in [4.69, 9.17) is 9.47 Å². The lowest BCUT2D eigenvalue weighted by molar-refractivity contribution is 0.0950. The molecule has 0 unspecified atom stereocenters. The normalized spacial score (nSPS) is 14.4. The number of nitrogens with one attached hydrogen (secondary N) is 1. The molecule has 1 aromatic carbocycles. The Morgan fingerprint density at radius 3 is 2.61 bits per heavy atom. The van der Waals surface area contributed by atoms with Gasteiger partial charge in [-0.25, -0.2) is 0 Å². The highest BCUT2D eigenvalue weighted by Gasteiger charge is 2.24. The molecule has 0 spiro atoms. The maximum Gasteiger partial charge on any atom is 0.251 e. The lowest BCUT2D eigenvalue weighted by Gasteiger charge is -2.14. The third-order valence-corrected chi connectivity index (χ3v) is 2.70. The molecule has 98 valence electrons. The van der Waals surface area contributed by atoms with Crippen LogP contribution < -0.4 is 14.8 Å². The number of ether oxygens (including phenoxy) is 2. The second kappa shape index (κ2) is 5.29. The predicted molar refractivity (Wildman–Crippen MR) is 69.2 cm³/mol. The molecule has 18 heavy (non-hydrogen) atoms. The van der Waals surface area contributed by atoms with E-state index in [0.29, 0.717) is 23.1 Å². The summed E-state index contributed by atoms with van der Waals surface area (Å²) in [6.45, 7) is 3.90. The van der Waals surface area contributed by atoms with Gasteiger partial charge >= 0.3 is 0 Å². The van der Waals surface area contributed by atoms with Crippen LogP contribution in [-0.2, 0) is 0 Å². The lowest BCUT2D eigenvalue weighted by atomic mass is 10.2. The number of carbonyl (C=O) groups is 1. The van der Waals surface area contributed by atoms with Gasteiger partial charge in [-0.2, -0.15) is 0 Å². The fourth-order valence-electron chi connectivity index (χ4n) is 1.66. The second-order valence-electron chi connectivity index (χ2n) is 4.78. The third-order valence-electron chi connectivity index (χ3n) is 2.70. The van der Waals surface area contributed by atoms with Crippen LogP contribution in [0.25, 0.3) is 0 Å². The number of methoxy groups -OCH3 is 1. The van der Waals surface area contributed by atoms with Crippen molar-refractivity contribution in [3.8, 4) is 11.5 Å². The summed E-state index contributed by atoms with van der Waals surface area (Å²) in [5, 5.41) is 2.95. The van der Waals surface area contributed by atoms with Crippen LogP contribution in [0.2, 0.25) is 0 Å². The van der Waals surface area contributed by atoms with Crippen molar-refractivity contribution in [2.45, 2.75) is 38.8 Å². The average Bonchev–Trinajstić information content (AvgIpc) is 3.12. The van der Waals surface area contributed by atoms with Crippen LogP contribution in [0.5, 0.6) is 11.5 Å². The molecule has 1 aliphatic carbocycles. The first-order valence-corrected chi connectivity index (χ1v) is 6.25. The van der Waals surface area contributed by atoms with Gasteiger partial charge in [-0.3, -0.25) is 4.79 Å². The van der Waals surface area contributed by atoms with Gasteiger partial charge in [0.25, 0.3) is 5.91 Å². The van der Waals surface area contributed by atoms with Gasteiger partial charge in [-0.05, 0) is 44.9 Å². The smallest absolute Gasteiger partial charge is 0.251 e. The van der Waals surface area contributed by atoms with E-state index in [1.54, 1.807) is 25.3 Å². The molecule has 1 amide bonds. The number of amides is 1. The van der Waals surface area contributed by atoms with E-state index >= 15 is 0 Å². The maximum atomic E-state index is 11.9. The van der Waals surface area contributed by atoms with Crippen molar-refractivity contribution in [3.05, 3.63) is 23.8 Å². The SMILES string of the molecule is COc1cc(C(=O)NC2CC2)ccc1OC(C)C. The van der Waals surface area contributed by atoms with Crippen molar-refractivity contribution in [2.75, 3.05) is 7.11 Å². The molecule has 4 heteroatoms. The standard InChI is InChI=1S/C14H19NO3/c1-9(2)18-12-7-4-10(8-13(12)17-3)14(16)15-11-5-6-11/h4,7-9,11H,5-6H2,1-3H3,(H,15,16). The Morgan fingerprint density at radius 2 is 2.06 bits per heavy atom. The fourth-order valence-corrected chi connectivity index (χ4v) is 1.66. The van der Waals surface area contributed by atoms with E-state index in [1.807, 2.05) is 13.8 Å². The van der Waals surface area contributed by atoms with Crippen LogP contribution in [0.1, 0.15) is 37.0 Å². The van der Waals surface area contributed by atoms with Crippen LogP contribution in [0, 0.1) is 0 Å². The molecule has 0 bridgehead atoms. The zero-order valence-electron chi connectivity index (χ0n) is 11.0. The van der Waals surface area contributed by atoms with Crippen molar-refractivity contribution < 1.29 is 14.3 Å². The summed E-state index contributed by atoms with van der Waals surface area (Å²) in [5.74, 6) is 1.20. The van der Waals surface area contributed by atoms with Crippen LogP contribution in [0.15, 0.2) is 18.2 Å². The fraction of sp³-hybridized carbons (Fsp3) is 0.500. The summed E-state index contributed by atoms with van der Waals surface area (Å²) in [7, 11) is 1.57. The molecular formula is C14H19NO3. The van der Waals surface area contributed by atoms with Crippen LogP contribution in [0.3, 0.4) is 0 Å². The van der Waals surface area contributed by atoms with Crippen molar-refractivity contribution in [1.29, 1.82) is 0 Å². The lowest BCUT2D eigenvalue weighted by Crippen LogP contribution is -2.25. The Labute approximate surface area is 107 Å². The molecule has 1 N–H and O–H groups in total. The quantitative estimate of drug-likeness (QED) is 0.871. The molecule has 0 atom stereocenters. The molecule has 1 aliphatic rings. The first kappa shape index (κ1) is 12.7. The van der Waals surface area contributed by atoms with Gasteiger partial charge in [0.15, 0.2) is 11.5 Å². The predicted octanol–water partition coefficient (Wildman–Crippen LogP) is 2.37. The highest BCUT2D eigenvalue weighted by Crippen LogP contribution is 2.29. The zero-order valence-corrected chi connectivity index (χ0v) is 11.0. The van der Waals surface area contributed by atoms with Crippen LogP contribution >= 0.6 is 0 Å². The molecule has 1 saturated carbocycles. The molecule has 0 aromatic heterocycles. The Morgan fingerprint density at radius 1 is 1.33 bits per heavy atom. The first-order chi connectivity index (χ1) is 8.60. The summed E-state index contributed by atoms with van der Waals surface area (Å²) >= 11 is 0. The summed E-state index contributed by atoms with van der Waals surface area (Å²) in [4.78, 5) is 11.9.